The number of nitrogens with zero attached hydrogens (tertiary/aromatic N) is 2. The van der Waals surface area contributed by atoms with Gasteiger partial charge in [0.25, 0.3) is 0 Å². The largest absolute Gasteiger partial charge is 0.381 e. The van der Waals surface area contributed by atoms with Gasteiger partial charge in [0.1, 0.15) is 0 Å². The van der Waals surface area contributed by atoms with Crippen LogP contribution >= 0.6 is 11.6 Å². The van der Waals surface area contributed by atoms with Crippen molar-refractivity contribution in [3.05, 3.63) is 17.5 Å². The van der Waals surface area contributed by atoms with Crippen LogP contribution in [0.4, 0.5) is 5.82 Å². The van der Waals surface area contributed by atoms with Gasteiger partial charge in [-0.05, 0) is 12.3 Å². The highest BCUT2D eigenvalue weighted by molar-refractivity contribution is 6.31. The maximum Gasteiger partial charge on any atom is 0.171 e. The van der Waals surface area contributed by atoms with E-state index < -0.39 is 0 Å². The molecule has 0 saturated heterocycles. The second kappa shape index (κ2) is 7.41. The Morgan fingerprint density at radius 2 is 2.12 bits per heavy atom. The Morgan fingerprint density at radius 3 is 2.81 bits per heavy atom. The van der Waals surface area contributed by atoms with E-state index in [9.17, 15) is 0 Å². The van der Waals surface area contributed by atoms with Crippen LogP contribution < -0.4 is 5.32 Å². The third-order valence-corrected chi connectivity index (χ3v) is 2.14. The highest BCUT2D eigenvalue weighted by atomic mass is 35.5. The van der Waals surface area contributed by atoms with E-state index >= 15 is 0 Å². The van der Waals surface area contributed by atoms with Crippen LogP contribution in [0.1, 0.15) is 20.3 Å². The average molecular weight is 244 g/mol. The Morgan fingerprint density at radius 1 is 1.38 bits per heavy atom. The molecular formula is C11H18ClN3O. The van der Waals surface area contributed by atoms with Crippen LogP contribution in [0.3, 0.4) is 0 Å². The fourth-order valence-corrected chi connectivity index (χ4v) is 1.31. The summed E-state index contributed by atoms with van der Waals surface area (Å²) in [5.41, 5.74) is 0. The maximum atomic E-state index is 5.84. The molecule has 0 aliphatic heterocycles. The number of hydrogen-bond donors (Lipinski definition) is 1. The highest BCUT2D eigenvalue weighted by Crippen LogP contribution is 2.13. The van der Waals surface area contributed by atoms with Crippen LogP contribution in [-0.4, -0.2) is 29.7 Å². The second-order valence-corrected chi connectivity index (χ2v) is 4.30. The van der Waals surface area contributed by atoms with Crippen LogP contribution in [0, 0.1) is 5.92 Å². The van der Waals surface area contributed by atoms with Gasteiger partial charge in [-0.15, -0.1) is 0 Å². The van der Waals surface area contributed by atoms with Crippen LogP contribution in [0.2, 0.25) is 5.15 Å². The van der Waals surface area contributed by atoms with Crippen molar-refractivity contribution in [1.82, 2.24) is 9.97 Å². The monoisotopic (exact) mass is 243 g/mol. The molecule has 0 fully saturated rings. The molecule has 0 unspecified atom stereocenters. The van der Waals surface area contributed by atoms with Crippen LogP contribution in [0.15, 0.2) is 12.4 Å². The zero-order valence-electron chi connectivity index (χ0n) is 9.74. The van der Waals surface area contributed by atoms with E-state index in [4.69, 9.17) is 16.3 Å². The first-order valence-electron chi connectivity index (χ1n) is 5.48. The predicted octanol–water partition coefficient (Wildman–Crippen LogP) is 2.60. The van der Waals surface area contributed by atoms with E-state index in [-0.39, 0.29) is 0 Å². The number of rotatable bonds is 7. The minimum Gasteiger partial charge on any atom is -0.381 e. The molecule has 90 valence electrons. The molecule has 0 saturated carbocycles. The third-order valence-electron chi connectivity index (χ3n) is 1.86. The Bertz CT molecular complexity index is 307. The molecule has 0 aliphatic carbocycles. The molecule has 1 aromatic rings. The summed E-state index contributed by atoms with van der Waals surface area (Å²) in [6.45, 7) is 6.63. The Kier molecular flexibility index (Phi) is 6.11. The lowest BCUT2D eigenvalue weighted by molar-refractivity contribution is 0.110. The second-order valence-electron chi connectivity index (χ2n) is 3.94. The first-order valence-corrected chi connectivity index (χ1v) is 5.86. The lowest BCUT2D eigenvalue weighted by Crippen LogP contribution is -2.09. The summed E-state index contributed by atoms with van der Waals surface area (Å²) in [6.07, 6.45) is 4.11. The summed E-state index contributed by atoms with van der Waals surface area (Å²) in [5.74, 6) is 1.22. The number of anilines is 1. The van der Waals surface area contributed by atoms with Gasteiger partial charge in [-0.3, -0.25) is 0 Å². The van der Waals surface area contributed by atoms with E-state index in [1.807, 2.05) is 0 Å². The first-order chi connectivity index (χ1) is 7.70. The molecule has 0 aliphatic rings. The third kappa shape index (κ3) is 5.28. The van der Waals surface area contributed by atoms with Gasteiger partial charge in [0.15, 0.2) is 11.0 Å². The van der Waals surface area contributed by atoms with Gasteiger partial charge in [-0.1, -0.05) is 25.4 Å². The van der Waals surface area contributed by atoms with Crippen molar-refractivity contribution in [2.24, 2.45) is 5.92 Å². The molecule has 0 radical (unpaired) electrons. The Balaban J connectivity index is 2.10. The normalized spacial score (nSPS) is 10.8. The van der Waals surface area contributed by atoms with Crippen molar-refractivity contribution >= 4 is 17.4 Å². The molecule has 0 spiro atoms. The number of nitrogens with one attached hydrogen (secondary N) is 1. The van der Waals surface area contributed by atoms with Gasteiger partial charge in [-0.25, -0.2) is 9.97 Å². The number of aromatic nitrogens is 2. The Labute approximate surface area is 101 Å². The van der Waals surface area contributed by atoms with E-state index in [2.05, 4.69) is 29.1 Å². The lowest BCUT2D eigenvalue weighted by Gasteiger charge is -2.08. The number of hydrogen-bond acceptors (Lipinski definition) is 4. The van der Waals surface area contributed by atoms with Crippen molar-refractivity contribution in [2.75, 3.05) is 25.1 Å². The quantitative estimate of drug-likeness (QED) is 0.748. The zero-order chi connectivity index (χ0) is 11.8. The van der Waals surface area contributed by atoms with Gasteiger partial charge in [0, 0.05) is 32.2 Å². The van der Waals surface area contributed by atoms with Gasteiger partial charge in [0.2, 0.25) is 0 Å². The molecule has 0 atom stereocenters. The first kappa shape index (κ1) is 13.2. The van der Waals surface area contributed by atoms with Crippen LogP contribution in [-0.2, 0) is 4.74 Å². The van der Waals surface area contributed by atoms with Crippen molar-refractivity contribution in [3.8, 4) is 0 Å². The molecule has 0 bridgehead atoms. The summed E-state index contributed by atoms with van der Waals surface area (Å²) in [7, 11) is 0. The van der Waals surface area contributed by atoms with Crippen LogP contribution in [0.25, 0.3) is 0 Å². The Hall–Kier alpha value is -0.870. The van der Waals surface area contributed by atoms with E-state index in [0.29, 0.717) is 16.9 Å². The summed E-state index contributed by atoms with van der Waals surface area (Å²) in [4.78, 5) is 8.00. The molecule has 1 heterocycles. The summed E-state index contributed by atoms with van der Waals surface area (Å²) in [5, 5.41) is 3.52. The standard InChI is InChI=1S/C11H18ClN3O/c1-9(2)8-16-7-3-4-14-11-10(12)13-5-6-15-11/h5-6,9H,3-4,7-8H2,1-2H3,(H,14,15). The molecule has 16 heavy (non-hydrogen) atoms. The van der Waals surface area contributed by atoms with Crippen molar-refractivity contribution in [2.45, 2.75) is 20.3 Å². The van der Waals surface area contributed by atoms with Crippen molar-refractivity contribution < 1.29 is 4.74 Å². The van der Waals surface area contributed by atoms with Gasteiger partial charge >= 0.3 is 0 Å². The topological polar surface area (TPSA) is 47.0 Å². The summed E-state index contributed by atoms with van der Waals surface area (Å²) in [6, 6.07) is 0. The molecule has 4 nitrogen and oxygen atoms in total. The van der Waals surface area contributed by atoms with E-state index in [1.54, 1.807) is 12.4 Å². The van der Waals surface area contributed by atoms with Gasteiger partial charge in [0.05, 0.1) is 0 Å². The maximum absolute atomic E-state index is 5.84. The highest BCUT2D eigenvalue weighted by Gasteiger charge is 2.00. The van der Waals surface area contributed by atoms with E-state index in [1.165, 1.54) is 0 Å². The predicted molar refractivity (Wildman–Crippen MR) is 65.8 cm³/mol. The van der Waals surface area contributed by atoms with E-state index in [0.717, 1.165) is 26.2 Å². The summed E-state index contributed by atoms with van der Waals surface area (Å²) < 4.78 is 5.45. The molecular weight excluding hydrogens is 226 g/mol. The summed E-state index contributed by atoms with van der Waals surface area (Å²) >= 11 is 5.84. The molecule has 1 aromatic heterocycles. The fourth-order valence-electron chi connectivity index (χ4n) is 1.14. The number of halogens is 1. The fraction of sp³-hybridized carbons (Fsp3) is 0.636. The molecule has 1 N–H and O–H groups in total. The lowest BCUT2D eigenvalue weighted by atomic mass is 10.2. The molecule has 0 amide bonds. The molecule has 0 aromatic carbocycles. The van der Waals surface area contributed by atoms with Crippen molar-refractivity contribution in [1.29, 1.82) is 0 Å². The smallest absolute Gasteiger partial charge is 0.171 e. The minimum atomic E-state index is 0.408. The SMILES string of the molecule is CC(C)COCCCNc1nccnc1Cl. The van der Waals surface area contributed by atoms with Crippen molar-refractivity contribution in [3.63, 3.8) is 0 Å². The van der Waals surface area contributed by atoms with Gasteiger partial charge in [-0.2, -0.15) is 0 Å². The number of ether oxygens (including phenoxy) is 1. The zero-order valence-corrected chi connectivity index (χ0v) is 10.5. The van der Waals surface area contributed by atoms with Gasteiger partial charge < -0.3 is 10.1 Å². The molecule has 1 rings (SSSR count). The minimum absolute atomic E-state index is 0.408. The van der Waals surface area contributed by atoms with Crippen LogP contribution in [0.5, 0.6) is 0 Å². The molecule has 5 heteroatoms. The average Bonchev–Trinajstić information content (AvgIpc) is 2.25.